The molecule has 1 aromatic rings. The Morgan fingerprint density at radius 2 is 1.83 bits per heavy atom. The molecule has 1 spiro atoms. The predicted molar refractivity (Wildman–Crippen MR) is 105 cm³/mol. The van der Waals surface area contributed by atoms with Crippen molar-refractivity contribution in [3.8, 4) is 0 Å². The van der Waals surface area contributed by atoms with Crippen LogP contribution in [0.3, 0.4) is 0 Å². The fraction of sp³-hybridized carbons (Fsp3) is 0.737. The predicted octanol–water partition coefficient (Wildman–Crippen LogP) is 3.60. The molecule has 0 unspecified atom stereocenters. The molecule has 4 nitrogen and oxygen atoms in total. The van der Waals surface area contributed by atoms with E-state index >= 15 is 0 Å². The number of hydrogen-bond acceptors (Lipinski definition) is 4. The summed E-state index contributed by atoms with van der Waals surface area (Å²) in [4.78, 5) is 7.37. The van der Waals surface area contributed by atoms with Gasteiger partial charge in [0.2, 0.25) is 0 Å². The van der Waals surface area contributed by atoms with Gasteiger partial charge in [-0.3, -0.25) is 0 Å². The second-order valence-electron chi connectivity index (χ2n) is 9.37. The molecule has 24 heavy (non-hydrogen) atoms. The van der Waals surface area contributed by atoms with Gasteiger partial charge in [0.1, 0.15) is 5.82 Å². The Bertz CT molecular complexity index is 606. The van der Waals surface area contributed by atoms with Gasteiger partial charge in [0, 0.05) is 25.2 Å². The van der Waals surface area contributed by atoms with E-state index in [9.17, 15) is 0 Å². The first kappa shape index (κ1) is 16.4. The van der Waals surface area contributed by atoms with Crippen LogP contribution in [0.5, 0.6) is 0 Å². The van der Waals surface area contributed by atoms with E-state index in [-0.39, 0.29) is 0 Å². The third kappa shape index (κ3) is 3.08. The first-order chi connectivity index (χ1) is 11.3. The zero-order valence-electron chi connectivity index (χ0n) is 15.4. The zero-order valence-corrected chi connectivity index (χ0v) is 16.4. The molecule has 2 aliphatic carbocycles. The SMILES string of the molecule is Cc1nc(N2CC[Si](C)(C)CC2)ccc1NC1CC2(CC(N)C2)C1. The Balaban J connectivity index is 1.35. The van der Waals surface area contributed by atoms with Gasteiger partial charge in [-0.2, -0.15) is 0 Å². The quantitative estimate of drug-likeness (QED) is 0.823. The highest BCUT2D eigenvalue weighted by atomic mass is 28.3. The van der Waals surface area contributed by atoms with E-state index in [0.29, 0.717) is 17.5 Å². The van der Waals surface area contributed by atoms with Crippen LogP contribution in [0.2, 0.25) is 25.2 Å². The number of nitrogens with one attached hydrogen (secondary N) is 1. The first-order valence-corrected chi connectivity index (χ1v) is 13.0. The maximum atomic E-state index is 5.96. The largest absolute Gasteiger partial charge is 0.381 e. The summed E-state index contributed by atoms with van der Waals surface area (Å²) in [5, 5.41) is 3.71. The molecule has 0 amide bonds. The topological polar surface area (TPSA) is 54.2 Å². The lowest BCUT2D eigenvalue weighted by molar-refractivity contribution is 0.00118. The normalized spacial score (nSPS) is 34.6. The molecule has 1 saturated heterocycles. The standard InChI is InChI=1S/C19H32N4Si/c1-14-17(22-16-12-19(13-16)10-15(20)11-19)4-5-18(21-14)23-6-8-24(2,3)9-7-23/h4-5,15-16,22H,6-13,20H2,1-3H3. The van der Waals surface area contributed by atoms with Crippen molar-refractivity contribution in [3.63, 3.8) is 0 Å². The Morgan fingerprint density at radius 1 is 1.17 bits per heavy atom. The van der Waals surface area contributed by atoms with Crippen LogP contribution in [0.25, 0.3) is 0 Å². The second-order valence-corrected chi connectivity index (χ2v) is 14.7. The fourth-order valence-corrected chi connectivity index (χ4v) is 6.91. The van der Waals surface area contributed by atoms with Gasteiger partial charge in [-0.25, -0.2) is 4.98 Å². The van der Waals surface area contributed by atoms with Crippen LogP contribution in [0.1, 0.15) is 31.4 Å². The van der Waals surface area contributed by atoms with Gasteiger partial charge >= 0.3 is 0 Å². The summed E-state index contributed by atoms with van der Waals surface area (Å²) in [5.41, 5.74) is 8.90. The maximum Gasteiger partial charge on any atom is 0.128 e. The van der Waals surface area contributed by atoms with Crippen molar-refractivity contribution >= 4 is 19.6 Å². The van der Waals surface area contributed by atoms with E-state index in [1.165, 1.54) is 56.5 Å². The van der Waals surface area contributed by atoms with Crippen molar-refractivity contribution in [3.05, 3.63) is 17.8 Å². The van der Waals surface area contributed by atoms with Crippen molar-refractivity contribution in [2.45, 2.75) is 69.9 Å². The summed E-state index contributed by atoms with van der Waals surface area (Å²) in [5.74, 6) is 1.16. The highest BCUT2D eigenvalue weighted by molar-refractivity contribution is 6.77. The van der Waals surface area contributed by atoms with Gasteiger partial charge in [-0.15, -0.1) is 0 Å². The number of rotatable bonds is 3. The molecule has 3 aliphatic rings. The summed E-state index contributed by atoms with van der Waals surface area (Å²) < 4.78 is 0. The summed E-state index contributed by atoms with van der Waals surface area (Å²) in [7, 11) is -0.916. The van der Waals surface area contributed by atoms with Crippen LogP contribution < -0.4 is 16.0 Å². The molecular formula is C19H32N4Si. The minimum absolute atomic E-state index is 0.464. The van der Waals surface area contributed by atoms with Crippen LogP contribution in [0, 0.1) is 12.3 Å². The molecular weight excluding hydrogens is 312 g/mol. The summed E-state index contributed by atoms with van der Waals surface area (Å²) in [6.07, 6.45) is 5.04. The molecule has 1 aromatic heterocycles. The smallest absolute Gasteiger partial charge is 0.128 e. The van der Waals surface area contributed by atoms with Crippen molar-refractivity contribution in [2.75, 3.05) is 23.3 Å². The number of nitrogens with zero attached hydrogens (tertiary/aromatic N) is 2. The summed E-state index contributed by atoms with van der Waals surface area (Å²) in [6, 6.07) is 8.31. The van der Waals surface area contributed by atoms with Gasteiger partial charge in [0.25, 0.3) is 0 Å². The fourth-order valence-electron chi connectivity index (χ4n) is 4.91. The number of hydrogen-bond donors (Lipinski definition) is 2. The number of aryl methyl sites for hydroxylation is 1. The van der Waals surface area contributed by atoms with E-state index < -0.39 is 8.07 Å². The van der Waals surface area contributed by atoms with Crippen molar-refractivity contribution in [1.82, 2.24) is 4.98 Å². The molecule has 0 aromatic carbocycles. The van der Waals surface area contributed by atoms with Crippen LogP contribution in [-0.4, -0.2) is 38.2 Å². The number of pyridine rings is 1. The van der Waals surface area contributed by atoms with Gasteiger partial charge in [0.15, 0.2) is 0 Å². The lowest BCUT2D eigenvalue weighted by atomic mass is 9.52. The van der Waals surface area contributed by atoms with E-state index in [4.69, 9.17) is 10.7 Å². The molecule has 2 heterocycles. The minimum Gasteiger partial charge on any atom is -0.381 e. The van der Waals surface area contributed by atoms with E-state index in [1.807, 2.05) is 0 Å². The van der Waals surface area contributed by atoms with Crippen molar-refractivity contribution in [2.24, 2.45) is 11.1 Å². The molecule has 5 heteroatoms. The first-order valence-electron chi connectivity index (χ1n) is 9.59. The third-order valence-corrected chi connectivity index (χ3v) is 9.78. The third-order valence-electron chi connectivity index (χ3n) is 6.62. The molecule has 3 fully saturated rings. The Labute approximate surface area is 147 Å². The van der Waals surface area contributed by atoms with Crippen LogP contribution >= 0.6 is 0 Å². The minimum atomic E-state index is -0.916. The Morgan fingerprint density at radius 3 is 2.42 bits per heavy atom. The molecule has 1 aliphatic heterocycles. The average molecular weight is 345 g/mol. The lowest BCUT2D eigenvalue weighted by Crippen LogP contribution is -2.57. The van der Waals surface area contributed by atoms with Gasteiger partial charge in [0.05, 0.1) is 19.5 Å². The van der Waals surface area contributed by atoms with Gasteiger partial charge < -0.3 is 16.0 Å². The summed E-state index contributed by atoms with van der Waals surface area (Å²) in [6.45, 7) is 9.53. The molecule has 132 valence electrons. The Kier molecular flexibility index (Phi) is 3.92. The van der Waals surface area contributed by atoms with Gasteiger partial charge in [-0.05, 0) is 62.2 Å². The van der Waals surface area contributed by atoms with Crippen LogP contribution in [-0.2, 0) is 0 Å². The molecule has 2 saturated carbocycles. The van der Waals surface area contributed by atoms with Crippen LogP contribution in [0.15, 0.2) is 12.1 Å². The van der Waals surface area contributed by atoms with Crippen molar-refractivity contribution < 1.29 is 0 Å². The van der Waals surface area contributed by atoms with E-state index in [2.05, 4.69) is 42.4 Å². The molecule has 0 atom stereocenters. The molecule has 0 bridgehead atoms. The Hall–Kier alpha value is -1.07. The highest BCUT2D eigenvalue weighted by Crippen LogP contribution is 2.55. The summed E-state index contributed by atoms with van der Waals surface area (Å²) >= 11 is 0. The second kappa shape index (κ2) is 5.73. The number of nitrogens with two attached hydrogens (primary N) is 1. The van der Waals surface area contributed by atoms with E-state index in [1.54, 1.807) is 0 Å². The molecule has 0 radical (unpaired) electrons. The monoisotopic (exact) mass is 344 g/mol. The molecule has 4 rings (SSSR count). The van der Waals surface area contributed by atoms with Crippen molar-refractivity contribution in [1.29, 1.82) is 0 Å². The van der Waals surface area contributed by atoms with E-state index in [0.717, 1.165) is 11.5 Å². The number of aromatic nitrogens is 1. The van der Waals surface area contributed by atoms with Gasteiger partial charge in [-0.1, -0.05) is 13.1 Å². The number of anilines is 2. The average Bonchev–Trinajstić information content (AvgIpc) is 2.45. The zero-order chi connectivity index (χ0) is 16.9. The van der Waals surface area contributed by atoms with Crippen LogP contribution in [0.4, 0.5) is 11.5 Å². The molecule has 3 N–H and O–H groups in total. The highest BCUT2D eigenvalue weighted by Gasteiger charge is 2.51. The lowest BCUT2D eigenvalue weighted by Gasteiger charge is -2.57. The maximum absolute atomic E-state index is 5.96.